The van der Waals surface area contributed by atoms with Gasteiger partial charge in [-0.15, -0.1) is 0 Å². The van der Waals surface area contributed by atoms with Crippen LogP contribution < -0.4 is 16.0 Å². The van der Waals surface area contributed by atoms with E-state index in [2.05, 4.69) is 42.8 Å². The average molecular weight is 430 g/mol. The summed E-state index contributed by atoms with van der Waals surface area (Å²) in [5, 5.41) is 10.00. The topological polar surface area (TPSA) is 78.0 Å². The number of likely N-dealkylation sites (tertiary alicyclic amines) is 1. The summed E-state index contributed by atoms with van der Waals surface area (Å²) in [6.07, 6.45) is 13.1. The molecule has 0 radical (unpaired) electrons. The van der Waals surface area contributed by atoms with Gasteiger partial charge in [0.1, 0.15) is 5.83 Å². The van der Waals surface area contributed by atoms with E-state index in [1.165, 1.54) is 51.0 Å². The van der Waals surface area contributed by atoms with E-state index in [0.717, 1.165) is 19.6 Å². The largest absolute Gasteiger partial charge is 0.354 e. The minimum atomic E-state index is -0.114. The third-order valence-electron chi connectivity index (χ3n) is 6.79. The van der Waals surface area contributed by atoms with Crippen LogP contribution in [0.4, 0.5) is 22.2 Å². The van der Waals surface area contributed by atoms with Crippen molar-refractivity contribution in [2.75, 3.05) is 42.6 Å². The molecule has 2 heterocycles. The zero-order valence-electron chi connectivity index (χ0n) is 18.8. The molecule has 1 aromatic rings. The fourth-order valence-electron chi connectivity index (χ4n) is 4.65. The van der Waals surface area contributed by atoms with Gasteiger partial charge in [0, 0.05) is 30.7 Å². The second kappa shape index (κ2) is 10.4. The van der Waals surface area contributed by atoms with Crippen molar-refractivity contribution in [3.8, 4) is 0 Å². The van der Waals surface area contributed by atoms with E-state index in [1.807, 2.05) is 13.0 Å². The van der Waals surface area contributed by atoms with Gasteiger partial charge in [0.15, 0.2) is 0 Å². The summed E-state index contributed by atoms with van der Waals surface area (Å²) < 4.78 is 14.0. The summed E-state index contributed by atoms with van der Waals surface area (Å²) in [5.74, 6) is 2.05. The molecule has 170 valence electrons. The maximum Gasteiger partial charge on any atom is 0.233 e. The zero-order chi connectivity index (χ0) is 21.6. The monoisotopic (exact) mass is 429 g/mol. The Hall–Kier alpha value is -2.22. The highest BCUT2D eigenvalue weighted by atomic mass is 19.1. The number of likely N-dealkylation sites (N-methyl/N-ethyl adjacent to an activating group) is 1. The molecule has 2 unspecified atom stereocenters. The first-order valence-electron chi connectivity index (χ1n) is 11.8. The summed E-state index contributed by atoms with van der Waals surface area (Å²) in [5.41, 5.74) is 0.696. The predicted molar refractivity (Wildman–Crippen MR) is 124 cm³/mol. The van der Waals surface area contributed by atoms with Gasteiger partial charge in [-0.25, -0.2) is 4.39 Å². The minimum Gasteiger partial charge on any atom is -0.354 e. The molecule has 0 amide bonds. The molecule has 31 heavy (non-hydrogen) atoms. The van der Waals surface area contributed by atoms with E-state index < -0.39 is 0 Å². The van der Waals surface area contributed by atoms with Gasteiger partial charge in [-0.2, -0.15) is 15.0 Å². The number of halogens is 1. The smallest absolute Gasteiger partial charge is 0.233 e. The van der Waals surface area contributed by atoms with Crippen LogP contribution in [0.3, 0.4) is 0 Å². The van der Waals surface area contributed by atoms with Gasteiger partial charge in [0.05, 0.1) is 0 Å². The van der Waals surface area contributed by atoms with E-state index >= 15 is 0 Å². The quantitative estimate of drug-likeness (QED) is 0.559. The van der Waals surface area contributed by atoms with Crippen molar-refractivity contribution in [3.05, 3.63) is 23.7 Å². The maximum atomic E-state index is 14.0. The molecule has 1 saturated carbocycles. The average Bonchev–Trinajstić information content (AvgIpc) is 3.19. The minimum absolute atomic E-state index is 0.0720. The molecule has 1 aromatic heterocycles. The number of nitrogens with one attached hydrogen (secondary N) is 3. The van der Waals surface area contributed by atoms with E-state index in [4.69, 9.17) is 0 Å². The second-order valence-electron chi connectivity index (χ2n) is 9.30. The van der Waals surface area contributed by atoms with Crippen LogP contribution in [0.2, 0.25) is 0 Å². The van der Waals surface area contributed by atoms with E-state index in [9.17, 15) is 4.39 Å². The van der Waals surface area contributed by atoms with E-state index in [0.29, 0.717) is 41.9 Å². The lowest BCUT2D eigenvalue weighted by Gasteiger charge is -2.22. The Morgan fingerprint density at radius 3 is 2.35 bits per heavy atom. The molecule has 3 aliphatic rings. The standard InChI is InChI=1S/C23H36FN7/c1-16-10-11-18(13-20(16)24)27-23-29-21(25-14-17-7-4-3-5-8-17)28-22(30-23)26-15-19-9-6-12-31(19)2/h11,13,16-17,19H,3-10,12,14-15H2,1-2H3,(H3,25,26,27,28,29,30). The van der Waals surface area contributed by atoms with Gasteiger partial charge in [0.2, 0.25) is 17.8 Å². The zero-order valence-corrected chi connectivity index (χ0v) is 18.8. The lowest BCUT2D eigenvalue weighted by molar-refractivity contribution is 0.322. The molecule has 7 nitrogen and oxygen atoms in total. The first kappa shape index (κ1) is 22.0. The van der Waals surface area contributed by atoms with Crippen molar-refractivity contribution in [3.63, 3.8) is 0 Å². The third-order valence-corrected chi connectivity index (χ3v) is 6.79. The van der Waals surface area contributed by atoms with Crippen molar-refractivity contribution in [2.24, 2.45) is 11.8 Å². The number of allylic oxidation sites excluding steroid dienone is 3. The Kier molecular flexibility index (Phi) is 7.37. The molecular formula is C23H36FN7. The molecule has 1 aliphatic heterocycles. The Morgan fingerprint density at radius 1 is 0.968 bits per heavy atom. The second-order valence-corrected chi connectivity index (χ2v) is 9.30. The van der Waals surface area contributed by atoms with Crippen LogP contribution in [0.15, 0.2) is 23.7 Å². The van der Waals surface area contributed by atoms with E-state index in [-0.39, 0.29) is 11.7 Å². The molecule has 0 aromatic carbocycles. The number of aromatic nitrogens is 3. The third kappa shape index (κ3) is 6.15. The van der Waals surface area contributed by atoms with Crippen LogP contribution in [-0.4, -0.2) is 52.6 Å². The van der Waals surface area contributed by atoms with E-state index in [1.54, 1.807) is 0 Å². The van der Waals surface area contributed by atoms with Crippen LogP contribution in [0, 0.1) is 11.8 Å². The Labute approximate surface area is 185 Å². The molecule has 3 N–H and O–H groups in total. The van der Waals surface area contributed by atoms with Gasteiger partial charge in [-0.1, -0.05) is 32.3 Å². The molecule has 2 atom stereocenters. The highest BCUT2D eigenvalue weighted by molar-refractivity contribution is 5.48. The molecule has 2 fully saturated rings. The number of hydrogen-bond acceptors (Lipinski definition) is 7. The van der Waals surface area contributed by atoms with Crippen LogP contribution in [-0.2, 0) is 0 Å². The molecule has 1 saturated heterocycles. The highest BCUT2D eigenvalue weighted by Crippen LogP contribution is 2.26. The maximum absolute atomic E-state index is 14.0. The van der Waals surface area contributed by atoms with Crippen LogP contribution in [0.5, 0.6) is 0 Å². The first-order chi connectivity index (χ1) is 15.1. The Morgan fingerprint density at radius 2 is 1.68 bits per heavy atom. The molecule has 4 rings (SSSR count). The van der Waals surface area contributed by atoms with Gasteiger partial charge in [-0.3, -0.25) is 0 Å². The van der Waals surface area contributed by atoms with Gasteiger partial charge >= 0.3 is 0 Å². The fraction of sp³-hybridized carbons (Fsp3) is 0.696. The summed E-state index contributed by atoms with van der Waals surface area (Å²) in [6, 6.07) is 0.492. The van der Waals surface area contributed by atoms with Crippen LogP contribution in [0.1, 0.15) is 58.3 Å². The Bertz CT molecular complexity index is 803. The molecule has 2 aliphatic carbocycles. The van der Waals surface area contributed by atoms with Gasteiger partial charge < -0.3 is 20.9 Å². The van der Waals surface area contributed by atoms with Crippen molar-refractivity contribution in [1.29, 1.82) is 0 Å². The molecule has 0 spiro atoms. The molecule has 8 heteroatoms. The highest BCUT2D eigenvalue weighted by Gasteiger charge is 2.21. The first-order valence-corrected chi connectivity index (χ1v) is 11.8. The Balaban J connectivity index is 1.45. The number of rotatable bonds is 8. The normalized spacial score (nSPS) is 25.1. The summed E-state index contributed by atoms with van der Waals surface area (Å²) in [7, 11) is 2.16. The van der Waals surface area contributed by atoms with Crippen LogP contribution in [0.25, 0.3) is 0 Å². The molecule has 0 bridgehead atoms. The van der Waals surface area contributed by atoms with Crippen LogP contribution >= 0.6 is 0 Å². The molecular weight excluding hydrogens is 393 g/mol. The summed E-state index contributed by atoms with van der Waals surface area (Å²) >= 11 is 0. The fourth-order valence-corrected chi connectivity index (χ4v) is 4.65. The van der Waals surface area contributed by atoms with Crippen molar-refractivity contribution in [2.45, 2.75) is 64.3 Å². The summed E-state index contributed by atoms with van der Waals surface area (Å²) in [6.45, 7) is 4.70. The van der Waals surface area contributed by atoms with Crippen molar-refractivity contribution in [1.82, 2.24) is 19.9 Å². The predicted octanol–water partition coefficient (Wildman–Crippen LogP) is 4.56. The van der Waals surface area contributed by atoms with Crippen molar-refractivity contribution >= 4 is 17.8 Å². The van der Waals surface area contributed by atoms with Gasteiger partial charge in [0.25, 0.3) is 0 Å². The number of nitrogens with zero attached hydrogens (tertiary/aromatic N) is 4. The lowest BCUT2D eigenvalue weighted by Crippen LogP contribution is -2.32. The number of hydrogen-bond donors (Lipinski definition) is 3. The number of anilines is 3. The lowest BCUT2D eigenvalue weighted by atomic mass is 9.89. The van der Waals surface area contributed by atoms with Gasteiger partial charge in [-0.05, 0) is 57.7 Å². The van der Waals surface area contributed by atoms with Crippen molar-refractivity contribution < 1.29 is 4.39 Å². The SMILES string of the molecule is CC1CC=C(Nc2nc(NCC3CCCCC3)nc(NCC3CCCN3C)n2)C=C1F. The summed E-state index contributed by atoms with van der Waals surface area (Å²) in [4.78, 5) is 16.1.